The third-order valence-corrected chi connectivity index (χ3v) is 7.81. The van der Waals surface area contributed by atoms with Gasteiger partial charge in [-0.2, -0.15) is 13.2 Å². The first kappa shape index (κ1) is 24.0. The minimum atomic E-state index is -6.64. The quantitative estimate of drug-likeness (QED) is 0.259. The molecular weight excluding hydrogens is 475 g/mol. The van der Waals surface area contributed by atoms with Gasteiger partial charge in [0.15, 0.2) is 24.8 Å². The topological polar surface area (TPSA) is 66.4 Å². The van der Waals surface area contributed by atoms with Gasteiger partial charge in [-0.3, -0.25) is 0 Å². The number of halogens is 5. The van der Waals surface area contributed by atoms with Crippen molar-refractivity contribution in [1.82, 2.24) is 0 Å². The Morgan fingerprint density at radius 2 is 1.16 bits per heavy atom. The molecule has 32 heavy (non-hydrogen) atoms. The molecule has 0 radical (unpaired) electrons. The summed E-state index contributed by atoms with van der Waals surface area (Å²) in [6.07, 6.45) is -10.8. The average molecular weight is 490 g/mol. The number of benzene rings is 3. The molecule has 0 aliphatic heterocycles. The molecule has 0 fully saturated rings. The molecule has 0 N–H and O–H groups in total. The van der Waals surface area contributed by atoms with Gasteiger partial charge in [0.25, 0.3) is 6.43 Å². The minimum Gasteiger partial charge on any atom is -0.744 e. The number of hydrogen-bond donors (Lipinski definition) is 0. The molecule has 0 aliphatic rings. The van der Waals surface area contributed by atoms with Crippen molar-refractivity contribution >= 4 is 21.0 Å². The fourth-order valence-electron chi connectivity index (χ4n) is 2.87. The van der Waals surface area contributed by atoms with Crippen LogP contribution in [-0.4, -0.2) is 30.5 Å². The zero-order valence-corrected chi connectivity index (χ0v) is 17.6. The van der Waals surface area contributed by atoms with Crippen LogP contribution in [0.15, 0.2) is 99.6 Å². The summed E-state index contributed by atoms with van der Waals surface area (Å²) >= 11 is 0. The van der Waals surface area contributed by atoms with Gasteiger partial charge in [-0.05, 0) is 48.5 Å². The van der Waals surface area contributed by atoms with Crippen LogP contribution in [0.4, 0.5) is 22.0 Å². The molecule has 170 valence electrons. The van der Waals surface area contributed by atoms with E-state index >= 15 is 0 Å². The molecule has 1 atom stereocenters. The van der Waals surface area contributed by atoms with Crippen LogP contribution in [-0.2, 0) is 21.0 Å². The highest BCUT2D eigenvalue weighted by Gasteiger charge is 2.69. The Kier molecular flexibility index (Phi) is 6.82. The average Bonchev–Trinajstić information content (AvgIpc) is 2.73. The molecule has 3 rings (SSSR count). The molecule has 0 aliphatic carbocycles. The van der Waals surface area contributed by atoms with Crippen LogP contribution in [0.2, 0.25) is 0 Å². The molecule has 0 heterocycles. The lowest BCUT2D eigenvalue weighted by Gasteiger charge is -2.36. The van der Waals surface area contributed by atoms with Gasteiger partial charge in [0.2, 0.25) is 0 Å². The van der Waals surface area contributed by atoms with E-state index in [2.05, 4.69) is 4.74 Å². The first-order chi connectivity index (χ1) is 15.0. The van der Waals surface area contributed by atoms with Gasteiger partial charge in [-0.1, -0.05) is 36.4 Å². The van der Waals surface area contributed by atoms with Crippen molar-refractivity contribution in [3.05, 3.63) is 84.9 Å². The van der Waals surface area contributed by atoms with Gasteiger partial charge in [-0.15, -0.1) is 0 Å². The summed E-state index contributed by atoms with van der Waals surface area (Å²) < 4.78 is 104. The summed E-state index contributed by atoms with van der Waals surface area (Å²) in [6.45, 7) is 0. The molecule has 0 amide bonds. The lowest BCUT2D eigenvalue weighted by atomic mass is 10.3. The highest BCUT2D eigenvalue weighted by Crippen LogP contribution is 2.43. The largest absolute Gasteiger partial charge is 0.744 e. The molecule has 4 nitrogen and oxygen atoms in total. The lowest BCUT2D eigenvalue weighted by Crippen LogP contribution is -2.61. The van der Waals surface area contributed by atoms with E-state index < -0.39 is 44.3 Å². The van der Waals surface area contributed by atoms with E-state index in [1.807, 2.05) is 60.7 Å². The van der Waals surface area contributed by atoms with E-state index in [-0.39, 0.29) is 0 Å². The summed E-state index contributed by atoms with van der Waals surface area (Å²) in [5.41, 5.74) is 0. The number of rotatable bonds is 7. The summed E-state index contributed by atoms with van der Waals surface area (Å²) in [5.74, 6) is -0.838. The molecule has 0 saturated carbocycles. The van der Waals surface area contributed by atoms with Gasteiger partial charge in [0.1, 0.15) is 5.75 Å². The van der Waals surface area contributed by atoms with E-state index in [1.165, 1.54) is 12.1 Å². The van der Waals surface area contributed by atoms with Crippen molar-refractivity contribution in [1.29, 1.82) is 0 Å². The third-order valence-electron chi connectivity index (χ3n) is 4.34. The van der Waals surface area contributed by atoms with Gasteiger partial charge >= 0.3 is 11.1 Å². The highest BCUT2D eigenvalue weighted by molar-refractivity contribution is 7.97. The van der Waals surface area contributed by atoms with Crippen molar-refractivity contribution in [2.75, 3.05) is 0 Å². The second kappa shape index (κ2) is 9.08. The van der Waals surface area contributed by atoms with E-state index in [0.29, 0.717) is 4.90 Å². The number of hydrogen-bond acceptors (Lipinski definition) is 4. The maximum Gasteiger partial charge on any atom is 0.448 e. The Bertz CT molecular complexity index is 1100. The molecule has 0 bridgehead atoms. The predicted octanol–water partition coefficient (Wildman–Crippen LogP) is 5.23. The molecule has 1 unspecified atom stereocenters. The van der Waals surface area contributed by atoms with Crippen LogP contribution in [0, 0.1) is 0 Å². The van der Waals surface area contributed by atoms with Crippen LogP contribution < -0.4 is 4.74 Å². The van der Waals surface area contributed by atoms with E-state index in [1.54, 1.807) is 0 Å². The Labute approximate surface area is 183 Å². The number of alkyl halides is 5. The maximum absolute atomic E-state index is 13.3. The zero-order chi connectivity index (χ0) is 23.6. The smallest absolute Gasteiger partial charge is 0.448 e. The summed E-state index contributed by atoms with van der Waals surface area (Å²) in [7, 11) is -7.33. The highest BCUT2D eigenvalue weighted by atomic mass is 32.2. The van der Waals surface area contributed by atoms with Gasteiger partial charge < -0.3 is 9.29 Å². The third kappa shape index (κ3) is 4.59. The molecule has 3 aromatic carbocycles. The van der Waals surface area contributed by atoms with Crippen LogP contribution >= 0.6 is 0 Å². The van der Waals surface area contributed by atoms with E-state index in [9.17, 15) is 34.9 Å². The Balaban J connectivity index is 2.04. The molecule has 11 heteroatoms. The van der Waals surface area contributed by atoms with Gasteiger partial charge in [0.05, 0.1) is 10.9 Å². The van der Waals surface area contributed by atoms with Crippen LogP contribution in [0.1, 0.15) is 0 Å². The van der Waals surface area contributed by atoms with Crippen molar-refractivity contribution < 1.29 is 39.7 Å². The van der Waals surface area contributed by atoms with Crippen LogP contribution in [0.5, 0.6) is 5.75 Å². The fraction of sp³-hybridized carbons (Fsp3) is 0.143. The molecule has 0 spiro atoms. The van der Waals surface area contributed by atoms with E-state index in [0.717, 1.165) is 21.9 Å². The predicted molar refractivity (Wildman–Crippen MR) is 107 cm³/mol. The fourth-order valence-corrected chi connectivity index (χ4v) is 5.65. The second-order valence-corrected chi connectivity index (χ2v) is 9.97. The molecular formula is C21H15F5O4S2. The number of ether oxygens (including phenoxy) is 1. The Hall–Kier alpha value is -2.63. The maximum atomic E-state index is 13.3. The van der Waals surface area contributed by atoms with Crippen molar-refractivity contribution in [2.45, 2.75) is 32.2 Å². The van der Waals surface area contributed by atoms with Crippen molar-refractivity contribution in [3.8, 4) is 5.75 Å². The first-order valence-corrected chi connectivity index (χ1v) is 11.5. The Morgan fingerprint density at radius 1 is 0.750 bits per heavy atom. The summed E-state index contributed by atoms with van der Waals surface area (Å²) in [6, 6.07) is 22.8. The minimum absolute atomic E-state index is 0.606. The van der Waals surface area contributed by atoms with Crippen LogP contribution in [0.25, 0.3) is 0 Å². The molecule has 3 aromatic rings. The monoisotopic (exact) mass is 490 g/mol. The summed E-state index contributed by atoms with van der Waals surface area (Å²) in [5, 5.41) is 0. The normalized spacial score (nSPS) is 14.4. The van der Waals surface area contributed by atoms with Crippen LogP contribution in [0.3, 0.4) is 0 Å². The second-order valence-electron chi connectivity index (χ2n) is 6.43. The van der Waals surface area contributed by atoms with Crippen molar-refractivity contribution in [3.63, 3.8) is 0 Å². The van der Waals surface area contributed by atoms with E-state index in [4.69, 9.17) is 0 Å². The Morgan fingerprint density at radius 3 is 1.50 bits per heavy atom. The van der Waals surface area contributed by atoms with Gasteiger partial charge in [-0.25, -0.2) is 17.2 Å². The van der Waals surface area contributed by atoms with Crippen molar-refractivity contribution in [2.24, 2.45) is 0 Å². The molecule has 0 aromatic heterocycles. The summed E-state index contributed by atoms with van der Waals surface area (Å²) in [4.78, 5) is -2.85. The SMILES string of the molecule is O=S(=O)([O-])C(Oc1ccc([S+](c2ccccc2)c2ccccc2)cc1)(C(F)F)C(F)(F)F. The standard InChI is InChI=1S/C21H15F5O4S2/c22-19(23)20(21(24,25)26,32(27,28)29)30-15-11-13-18(14-12-15)31(16-7-3-1-4-8-16)17-9-5-2-6-10-17/h1-14,19H. The molecule has 0 saturated heterocycles. The first-order valence-electron chi connectivity index (χ1n) is 8.91. The lowest BCUT2D eigenvalue weighted by molar-refractivity contribution is -0.250. The van der Waals surface area contributed by atoms with Gasteiger partial charge in [0, 0.05) is 0 Å². The zero-order valence-electron chi connectivity index (χ0n) is 16.0.